The number of hydrogen-bond acceptors (Lipinski definition) is 1. The summed E-state index contributed by atoms with van der Waals surface area (Å²) < 4.78 is 0. The van der Waals surface area contributed by atoms with E-state index in [2.05, 4.69) is 9.29 Å². The molecule has 0 heterocycles. The summed E-state index contributed by atoms with van der Waals surface area (Å²) in [5.74, 6) is 0. The minimum atomic E-state index is 0. The van der Waals surface area contributed by atoms with E-state index in [1.165, 1.54) is 0 Å². The molecule has 4 radical (unpaired) electrons. The second-order valence-corrected chi connectivity index (χ2v) is 0. The summed E-state index contributed by atoms with van der Waals surface area (Å²) in [7, 11) is 4.17. The maximum absolute atomic E-state index is 4.17. The Morgan fingerprint density at radius 1 is 1.25 bits per heavy atom. The van der Waals surface area contributed by atoms with Crippen molar-refractivity contribution in [3.8, 4) is 0 Å². The first-order valence-corrected chi connectivity index (χ1v) is 4.11. The van der Waals surface area contributed by atoms with E-state index in [0.717, 1.165) is 20.6 Å². The molecular weight excluding hydrogens is 473 g/mol. The molecule has 0 aliphatic heterocycles. The molecule has 0 aromatic rings. The monoisotopic (exact) mass is 480 g/mol. The molecule has 0 fully saturated rings. The van der Waals surface area contributed by atoms with Gasteiger partial charge in [0.05, 0.1) is 0 Å². The van der Waals surface area contributed by atoms with E-state index in [-0.39, 0.29) is 53.1 Å². The van der Waals surface area contributed by atoms with Crippen LogP contribution in [-0.4, -0.2) is 73.7 Å². The molecule has 22 valence electrons. The van der Waals surface area contributed by atoms with Gasteiger partial charge in [0.25, 0.3) is 0 Å². The van der Waals surface area contributed by atoms with Gasteiger partial charge in [-0.2, -0.15) is 0 Å². The summed E-state index contributed by atoms with van der Waals surface area (Å²) in [6, 6.07) is 0. The van der Waals surface area contributed by atoms with Crippen molar-refractivity contribution >= 4 is 83.0 Å². The molecule has 0 aliphatic rings. The second-order valence-electron chi connectivity index (χ2n) is 0. The van der Waals surface area contributed by atoms with E-state index in [4.69, 9.17) is 0 Å². The van der Waals surface area contributed by atoms with E-state index in [9.17, 15) is 0 Å². The Bertz CT molecular complexity index is 8.00. The van der Waals surface area contributed by atoms with E-state index < -0.39 is 0 Å². The van der Waals surface area contributed by atoms with Crippen molar-refractivity contribution in [3.63, 3.8) is 0 Å². The van der Waals surface area contributed by atoms with Gasteiger partial charge in [0, 0.05) is 0 Å². The molecule has 0 unspecified atom stereocenters. The third-order valence-corrected chi connectivity index (χ3v) is 0. The van der Waals surface area contributed by atoms with Crippen molar-refractivity contribution in [1.82, 2.24) is 0 Å². The van der Waals surface area contributed by atoms with Gasteiger partial charge < -0.3 is 0 Å². The maximum atomic E-state index is 4.17. The third-order valence-electron chi connectivity index (χ3n) is 0. The molecule has 0 saturated heterocycles. The Balaban J connectivity index is -0.00000000500. The van der Waals surface area contributed by atoms with Gasteiger partial charge in [0.15, 0.2) is 0 Å². The SMILES string of the molecule is [InH3].[PbH2].[S]=[Sn]. The molecule has 0 saturated carbocycles. The summed E-state index contributed by atoms with van der Waals surface area (Å²) in [5, 5.41) is 0. The van der Waals surface area contributed by atoms with Crippen LogP contribution < -0.4 is 0 Å². The van der Waals surface area contributed by atoms with Gasteiger partial charge in [0.1, 0.15) is 0 Å². The Hall–Kier alpha value is 2.81. The first-order valence-electron chi connectivity index (χ1n) is 0.204. The molecule has 0 nitrogen and oxygen atoms in total. The molecule has 0 aliphatic carbocycles. The number of rotatable bonds is 0. The molecule has 0 amide bonds. The third kappa shape index (κ3) is 8.84. The topological polar surface area (TPSA) is 0 Å². The molecule has 4 heavy (non-hydrogen) atoms. The van der Waals surface area contributed by atoms with Crippen molar-refractivity contribution in [2.75, 3.05) is 0 Å². The molecule has 0 spiro atoms. The van der Waals surface area contributed by atoms with Crippen molar-refractivity contribution in [2.45, 2.75) is 0 Å². The summed E-state index contributed by atoms with van der Waals surface area (Å²) in [6.45, 7) is 0. The normalized spacial score (nSPS) is 1.00. The van der Waals surface area contributed by atoms with Gasteiger partial charge >= 0.3 is 83.0 Å². The predicted octanol–water partition coefficient (Wildman–Crippen LogP) is -1.83. The predicted molar refractivity (Wildman–Crippen MR) is 31.8 cm³/mol. The van der Waals surface area contributed by atoms with E-state index in [1.807, 2.05) is 0 Å². The van der Waals surface area contributed by atoms with Gasteiger partial charge in [-0.15, -0.1) is 0 Å². The summed E-state index contributed by atoms with van der Waals surface area (Å²) in [4.78, 5) is 0. The van der Waals surface area contributed by atoms with E-state index in [0.29, 0.717) is 0 Å². The zero-order valence-electron chi connectivity index (χ0n) is 1.62. The Kier molecular flexibility index (Phi) is 67.4. The van der Waals surface area contributed by atoms with Gasteiger partial charge in [-0.3, -0.25) is 0 Å². The molecule has 0 aromatic carbocycles. The summed E-state index contributed by atoms with van der Waals surface area (Å²) >= 11 is 1.13. The van der Waals surface area contributed by atoms with Crippen LogP contribution in [0.4, 0.5) is 0 Å². The van der Waals surface area contributed by atoms with Crippen LogP contribution in [0.1, 0.15) is 0 Å². The summed E-state index contributed by atoms with van der Waals surface area (Å²) in [5.41, 5.74) is 0. The van der Waals surface area contributed by atoms with Crippen molar-refractivity contribution in [1.29, 1.82) is 0 Å². The van der Waals surface area contributed by atoms with Crippen LogP contribution in [-0.2, 0) is 0 Å². The van der Waals surface area contributed by atoms with Crippen LogP contribution in [0.15, 0.2) is 0 Å². The fourth-order valence-electron chi connectivity index (χ4n) is 0. The average molecular weight is 478 g/mol. The minimum absolute atomic E-state index is 0. The van der Waals surface area contributed by atoms with Crippen molar-refractivity contribution in [2.24, 2.45) is 0 Å². The Morgan fingerprint density at radius 2 is 1.25 bits per heavy atom. The van der Waals surface area contributed by atoms with E-state index >= 15 is 0 Å². The van der Waals surface area contributed by atoms with E-state index in [1.54, 1.807) is 0 Å². The summed E-state index contributed by atoms with van der Waals surface area (Å²) in [6.07, 6.45) is 0. The quantitative estimate of drug-likeness (QED) is 0.370. The zero-order valence-corrected chi connectivity index (χ0v) is 10.8. The molecule has 0 atom stereocenters. The van der Waals surface area contributed by atoms with Crippen LogP contribution in [0.5, 0.6) is 0 Å². The first kappa shape index (κ1) is 15.8. The standard InChI is InChI=1S/In.Pb.S.Sn.5H. The molecule has 0 bridgehead atoms. The fraction of sp³-hybridized carbons (Fsp3) is 0. The van der Waals surface area contributed by atoms with Crippen molar-refractivity contribution < 1.29 is 0 Å². The van der Waals surface area contributed by atoms with Crippen LogP contribution in [0.2, 0.25) is 0 Å². The molecule has 0 rings (SSSR count). The molecule has 0 N–H and O–H groups in total. The van der Waals surface area contributed by atoms with Crippen LogP contribution in [0.25, 0.3) is 0 Å². The van der Waals surface area contributed by atoms with Gasteiger partial charge in [-0.05, 0) is 0 Å². The number of hydrogen-bond donors (Lipinski definition) is 0. The molecule has 0 aromatic heterocycles. The first-order chi connectivity index (χ1) is 1.00. The van der Waals surface area contributed by atoms with Crippen molar-refractivity contribution in [3.05, 3.63) is 0 Å². The molecular formula is H5InPbSSn. The second kappa shape index (κ2) is 17.0. The average Bonchev–Trinajstić information content (AvgIpc) is 1.00. The van der Waals surface area contributed by atoms with Crippen LogP contribution in [0, 0.1) is 0 Å². The van der Waals surface area contributed by atoms with Gasteiger partial charge in [-0.1, -0.05) is 0 Å². The van der Waals surface area contributed by atoms with Gasteiger partial charge in [0.2, 0.25) is 0 Å². The Morgan fingerprint density at radius 3 is 1.25 bits per heavy atom. The molecule has 4 heteroatoms. The Labute approximate surface area is 81.3 Å². The fourth-order valence-corrected chi connectivity index (χ4v) is 0. The van der Waals surface area contributed by atoms with Gasteiger partial charge in [-0.25, -0.2) is 0 Å². The zero-order chi connectivity index (χ0) is 2.00. The van der Waals surface area contributed by atoms with Crippen LogP contribution >= 0.6 is 9.29 Å². The van der Waals surface area contributed by atoms with Crippen LogP contribution in [0.3, 0.4) is 0 Å².